The van der Waals surface area contributed by atoms with Gasteiger partial charge in [0.05, 0.1) is 25.3 Å². The summed E-state index contributed by atoms with van der Waals surface area (Å²) in [5.74, 6) is 1.53. The fourth-order valence-electron chi connectivity index (χ4n) is 4.88. The van der Waals surface area contributed by atoms with Crippen LogP contribution in [0.2, 0.25) is 0 Å². The monoisotopic (exact) mass is 519 g/mol. The zero-order chi connectivity index (χ0) is 26.0. The molecule has 2 aliphatic rings. The fraction of sp³-hybridized carbons (Fsp3) is 0.296. The number of benzene rings is 1. The van der Waals surface area contributed by atoms with Crippen LogP contribution in [0.5, 0.6) is 5.75 Å². The molecule has 0 saturated carbocycles. The van der Waals surface area contributed by atoms with Crippen LogP contribution in [0.25, 0.3) is 17.3 Å². The van der Waals surface area contributed by atoms with Gasteiger partial charge in [0.15, 0.2) is 0 Å². The topological polar surface area (TPSA) is 114 Å². The van der Waals surface area contributed by atoms with E-state index in [1.165, 1.54) is 11.8 Å². The molecule has 1 saturated heterocycles. The van der Waals surface area contributed by atoms with Crippen molar-refractivity contribution in [3.05, 3.63) is 71.7 Å². The maximum Gasteiger partial charge on any atom is 0.211 e. The molecule has 2 aromatic heterocycles. The molecule has 3 aromatic rings. The van der Waals surface area contributed by atoms with E-state index in [-0.39, 0.29) is 0 Å². The average molecular weight is 520 g/mol. The minimum absolute atomic E-state index is 0.315. The smallest absolute Gasteiger partial charge is 0.211 e. The summed E-state index contributed by atoms with van der Waals surface area (Å²) in [6.45, 7) is 1.08. The minimum atomic E-state index is -3.14. The van der Waals surface area contributed by atoms with Gasteiger partial charge in [-0.3, -0.25) is 4.98 Å². The molecule has 2 N–H and O–H groups in total. The number of nitrogens with one attached hydrogen (secondary N) is 2. The third kappa shape index (κ3) is 5.35. The predicted octanol–water partition coefficient (Wildman–Crippen LogP) is 3.85. The maximum absolute atomic E-state index is 11.9. The third-order valence-electron chi connectivity index (χ3n) is 6.89. The van der Waals surface area contributed by atoms with Crippen LogP contribution < -0.4 is 15.4 Å². The first-order valence-corrected chi connectivity index (χ1v) is 13.9. The Hall–Kier alpha value is -3.76. The van der Waals surface area contributed by atoms with E-state index in [9.17, 15) is 13.2 Å². The van der Waals surface area contributed by atoms with E-state index in [1.807, 2.05) is 30.3 Å². The summed E-state index contributed by atoms with van der Waals surface area (Å²) in [6, 6.07) is 11.4. The number of methoxy groups -OCH3 is 1. The van der Waals surface area contributed by atoms with Gasteiger partial charge in [-0.05, 0) is 66.4 Å². The van der Waals surface area contributed by atoms with E-state index in [0.29, 0.717) is 36.3 Å². The molecule has 1 aromatic carbocycles. The number of aldehydes is 1. The summed E-state index contributed by atoms with van der Waals surface area (Å²) in [7, 11) is -1.55. The van der Waals surface area contributed by atoms with Crippen molar-refractivity contribution in [1.29, 1.82) is 0 Å². The molecule has 37 heavy (non-hydrogen) atoms. The normalized spacial score (nSPS) is 18.1. The summed E-state index contributed by atoms with van der Waals surface area (Å²) in [6.07, 6.45) is 10.8. The SMILES string of the molecule is COc1cncc(-c2cc3c(c(Nc4ccc(C5CCN(S(C)(=O)=O)CC5)cc4)n2)C(C=O)NC=C3)c1. The first kappa shape index (κ1) is 24.9. The van der Waals surface area contributed by atoms with Crippen molar-refractivity contribution < 1.29 is 17.9 Å². The molecular weight excluding hydrogens is 490 g/mol. The summed E-state index contributed by atoms with van der Waals surface area (Å²) < 4.78 is 30.5. The lowest BCUT2D eigenvalue weighted by Crippen LogP contribution is -2.37. The number of hydrogen-bond donors (Lipinski definition) is 2. The molecular formula is C27H29N5O4S. The molecule has 1 atom stereocenters. The van der Waals surface area contributed by atoms with Crippen LogP contribution in [0.1, 0.15) is 41.5 Å². The number of sulfonamides is 1. The number of ether oxygens (including phenoxy) is 1. The second-order valence-electron chi connectivity index (χ2n) is 9.27. The van der Waals surface area contributed by atoms with E-state index in [1.54, 1.807) is 30.0 Å². The van der Waals surface area contributed by atoms with Crippen molar-refractivity contribution in [2.45, 2.75) is 24.8 Å². The predicted molar refractivity (Wildman–Crippen MR) is 143 cm³/mol. The number of piperidine rings is 1. The number of aromatic nitrogens is 2. The van der Waals surface area contributed by atoms with Gasteiger partial charge in [0, 0.05) is 36.1 Å². The summed E-state index contributed by atoms with van der Waals surface area (Å²) in [5, 5.41) is 6.50. The van der Waals surface area contributed by atoms with Crippen LogP contribution in [-0.2, 0) is 14.8 Å². The molecule has 0 spiro atoms. The van der Waals surface area contributed by atoms with Crippen molar-refractivity contribution in [1.82, 2.24) is 19.6 Å². The van der Waals surface area contributed by atoms with Crippen molar-refractivity contribution in [3.63, 3.8) is 0 Å². The van der Waals surface area contributed by atoms with Gasteiger partial charge in [-0.1, -0.05) is 12.1 Å². The van der Waals surface area contributed by atoms with Gasteiger partial charge < -0.3 is 20.2 Å². The number of fused-ring (bicyclic) bond motifs is 1. The summed E-state index contributed by atoms with van der Waals surface area (Å²) in [4.78, 5) is 21.0. The van der Waals surface area contributed by atoms with Crippen LogP contribution in [0.3, 0.4) is 0 Å². The number of anilines is 2. The molecule has 0 bridgehead atoms. The zero-order valence-electron chi connectivity index (χ0n) is 20.7. The Morgan fingerprint density at radius 3 is 2.57 bits per heavy atom. The standard InChI is InChI=1S/C27H29N5O4S/c1-36-23-13-21(15-28-16-23)24-14-20-7-10-29-25(17-33)26(20)27(31-24)30-22-5-3-18(4-6-22)19-8-11-32(12-9-19)37(2,34)35/h3-7,10,13-17,19,25,29H,8-9,11-12H2,1-2H3,(H,30,31). The first-order valence-electron chi connectivity index (χ1n) is 12.1. The van der Waals surface area contributed by atoms with Crippen molar-refractivity contribution in [2.75, 3.05) is 31.8 Å². The van der Waals surface area contributed by atoms with Gasteiger partial charge in [-0.15, -0.1) is 0 Å². The number of pyridine rings is 2. The van der Waals surface area contributed by atoms with E-state index in [4.69, 9.17) is 9.72 Å². The highest BCUT2D eigenvalue weighted by Gasteiger charge is 2.26. The number of carbonyl (C=O) groups is 1. The van der Waals surface area contributed by atoms with Crippen molar-refractivity contribution >= 4 is 33.9 Å². The Balaban J connectivity index is 1.42. The van der Waals surface area contributed by atoms with Gasteiger partial charge in [0.25, 0.3) is 0 Å². The van der Waals surface area contributed by atoms with Gasteiger partial charge in [0.2, 0.25) is 10.0 Å². The molecule has 0 aliphatic carbocycles. The van der Waals surface area contributed by atoms with Gasteiger partial charge >= 0.3 is 0 Å². The largest absolute Gasteiger partial charge is 0.495 e. The lowest BCUT2D eigenvalue weighted by Gasteiger charge is -2.30. The molecule has 192 valence electrons. The number of hydrogen-bond acceptors (Lipinski definition) is 8. The van der Waals surface area contributed by atoms with Gasteiger partial charge in [-0.2, -0.15) is 0 Å². The second kappa shape index (κ2) is 10.3. The highest BCUT2D eigenvalue weighted by Crippen LogP contribution is 2.35. The molecule has 5 rings (SSSR count). The average Bonchev–Trinajstić information content (AvgIpc) is 2.92. The molecule has 4 heterocycles. The Kier molecular flexibility index (Phi) is 6.94. The Bertz CT molecular complexity index is 1430. The molecule has 1 unspecified atom stereocenters. The zero-order valence-corrected chi connectivity index (χ0v) is 21.5. The fourth-order valence-corrected chi connectivity index (χ4v) is 5.76. The Morgan fingerprint density at radius 1 is 1.14 bits per heavy atom. The number of rotatable bonds is 7. The molecule has 1 fully saturated rings. The van der Waals surface area contributed by atoms with Crippen LogP contribution in [-0.4, -0.2) is 55.4 Å². The third-order valence-corrected chi connectivity index (χ3v) is 8.19. The quantitative estimate of drug-likeness (QED) is 0.453. The minimum Gasteiger partial charge on any atom is -0.495 e. The summed E-state index contributed by atoms with van der Waals surface area (Å²) >= 11 is 0. The summed E-state index contributed by atoms with van der Waals surface area (Å²) in [5.41, 5.74) is 5.19. The van der Waals surface area contributed by atoms with Gasteiger partial charge in [-0.25, -0.2) is 17.7 Å². The molecule has 9 nitrogen and oxygen atoms in total. The molecule has 0 radical (unpaired) electrons. The van der Waals surface area contributed by atoms with E-state index < -0.39 is 16.1 Å². The van der Waals surface area contributed by atoms with Crippen LogP contribution >= 0.6 is 0 Å². The number of nitrogens with zero attached hydrogens (tertiary/aromatic N) is 3. The molecule has 2 aliphatic heterocycles. The second-order valence-corrected chi connectivity index (χ2v) is 11.3. The van der Waals surface area contributed by atoms with Crippen LogP contribution in [0, 0.1) is 0 Å². The lowest BCUT2D eigenvalue weighted by molar-refractivity contribution is -0.109. The van der Waals surface area contributed by atoms with Gasteiger partial charge in [0.1, 0.15) is 23.9 Å². The van der Waals surface area contributed by atoms with Crippen LogP contribution in [0.15, 0.2) is 55.0 Å². The van der Waals surface area contributed by atoms with Crippen LogP contribution in [0.4, 0.5) is 11.5 Å². The Labute approximate surface area is 216 Å². The van der Waals surface area contributed by atoms with E-state index in [2.05, 4.69) is 27.8 Å². The van der Waals surface area contributed by atoms with Crippen molar-refractivity contribution in [3.8, 4) is 17.0 Å². The highest BCUT2D eigenvalue weighted by atomic mass is 32.2. The van der Waals surface area contributed by atoms with E-state index in [0.717, 1.165) is 41.5 Å². The molecule has 0 amide bonds. The maximum atomic E-state index is 11.9. The highest BCUT2D eigenvalue weighted by molar-refractivity contribution is 7.88. The lowest BCUT2D eigenvalue weighted by atomic mass is 9.90. The first-order chi connectivity index (χ1) is 17.9. The number of carbonyl (C=O) groups excluding carboxylic acids is 1. The Morgan fingerprint density at radius 2 is 1.89 bits per heavy atom. The van der Waals surface area contributed by atoms with E-state index >= 15 is 0 Å². The molecule has 10 heteroatoms. The van der Waals surface area contributed by atoms with Crippen molar-refractivity contribution in [2.24, 2.45) is 0 Å².